The minimum absolute atomic E-state index is 0.315. The topological polar surface area (TPSA) is 42.4 Å². The molecule has 1 fully saturated rings. The van der Waals surface area contributed by atoms with E-state index in [-0.39, 0.29) is 5.97 Å². The number of rotatable bonds is 3. The van der Waals surface area contributed by atoms with Crippen LogP contribution in [-0.4, -0.2) is 42.2 Å². The summed E-state index contributed by atoms with van der Waals surface area (Å²) in [5.74, 6) is 1.52. The second-order valence-electron chi connectivity index (χ2n) is 4.21. The van der Waals surface area contributed by atoms with Crippen molar-refractivity contribution in [1.82, 2.24) is 4.98 Å². The Balaban J connectivity index is 2.24. The molecule has 2 heterocycles. The smallest absolute Gasteiger partial charge is 0.341 e. The third kappa shape index (κ3) is 2.77. The Bertz CT molecular complexity index is 425. The van der Waals surface area contributed by atoms with Crippen LogP contribution in [0.2, 0.25) is 0 Å². The van der Waals surface area contributed by atoms with Crippen LogP contribution < -0.4 is 4.90 Å². The zero-order valence-electron chi connectivity index (χ0n) is 10.8. The molecule has 0 aromatic carbocycles. The van der Waals surface area contributed by atoms with Gasteiger partial charge in [0, 0.05) is 30.3 Å². The van der Waals surface area contributed by atoms with E-state index in [2.05, 4.69) is 16.8 Å². The van der Waals surface area contributed by atoms with Gasteiger partial charge in [-0.25, -0.2) is 9.78 Å². The lowest BCUT2D eigenvalue weighted by Crippen LogP contribution is -2.39. The average molecular weight is 266 g/mol. The highest BCUT2D eigenvalue weighted by Gasteiger charge is 2.24. The molecule has 0 bridgehead atoms. The van der Waals surface area contributed by atoms with Crippen LogP contribution >= 0.6 is 11.8 Å². The largest absolute Gasteiger partial charge is 0.465 e. The molecule has 0 radical (unpaired) electrons. The van der Waals surface area contributed by atoms with Gasteiger partial charge in [-0.3, -0.25) is 0 Å². The van der Waals surface area contributed by atoms with Crippen LogP contribution in [0.15, 0.2) is 18.3 Å². The Morgan fingerprint density at radius 3 is 3.22 bits per heavy atom. The van der Waals surface area contributed by atoms with Crippen LogP contribution in [0, 0.1) is 0 Å². The Morgan fingerprint density at radius 1 is 1.67 bits per heavy atom. The Morgan fingerprint density at radius 2 is 2.50 bits per heavy atom. The van der Waals surface area contributed by atoms with Crippen molar-refractivity contribution in [2.45, 2.75) is 18.6 Å². The van der Waals surface area contributed by atoms with Gasteiger partial charge in [-0.05, 0) is 18.6 Å². The fourth-order valence-corrected chi connectivity index (χ4v) is 3.26. The van der Waals surface area contributed by atoms with Crippen molar-refractivity contribution in [1.29, 1.82) is 0 Å². The number of ether oxygens (including phenoxy) is 1. The van der Waals surface area contributed by atoms with Crippen molar-refractivity contribution in [3.05, 3.63) is 23.9 Å². The third-order valence-corrected chi connectivity index (χ3v) is 4.46. The number of nitrogens with zero attached hydrogens (tertiary/aromatic N) is 2. The molecule has 18 heavy (non-hydrogen) atoms. The standard InChI is InChI=1S/C13H18N2O2S/c1-3-10-9-15(7-8-18-10)12-11(13(16)17-2)5-4-6-14-12/h4-6,10H,3,7-9H2,1-2H3. The van der Waals surface area contributed by atoms with Crippen molar-refractivity contribution in [2.75, 3.05) is 30.9 Å². The molecule has 1 aromatic heterocycles. The fraction of sp³-hybridized carbons (Fsp3) is 0.538. The highest BCUT2D eigenvalue weighted by Crippen LogP contribution is 2.26. The molecule has 4 nitrogen and oxygen atoms in total. The van der Waals surface area contributed by atoms with E-state index in [1.54, 1.807) is 18.3 Å². The SMILES string of the molecule is CCC1CN(c2ncccc2C(=O)OC)CCS1. The molecule has 5 heteroatoms. The number of aromatic nitrogens is 1. The zero-order chi connectivity index (χ0) is 13.0. The quantitative estimate of drug-likeness (QED) is 0.785. The molecule has 1 aliphatic heterocycles. The summed E-state index contributed by atoms with van der Waals surface area (Å²) in [6.45, 7) is 4.07. The summed E-state index contributed by atoms with van der Waals surface area (Å²) >= 11 is 2.00. The number of thioether (sulfide) groups is 1. The van der Waals surface area contributed by atoms with Gasteiger partial charge < -0.3 is 9.64 Å². The Hall–Kier alpha value is -1.23. The maximum Gasteiger partial charge on any atom is 0.341 e. The van der Waals surface area contributed by atoms with Crippen molar-refractivity contribution in [3.8, 4) is 0 Å². The average Bonchev–Trinajstić information content (AvgIpc) is 2.46. The van der Waals surface area contributed by atoms with Crippen molar-refractivity contribution in [2.24, 2.45) is 0 Å². The second-order valence-corrected chi connectivity index (χ2v) is 5.62. The molecule has 2 rings (SSSR count). The lowest BCUT2D eigenvalue weighted by molar-refractivity contribution is 0.0601. The molecular formula is C13H18N2O2S. The van der Waals surface area contributed by atoms with Gasteiger partial charge in [0.05, 0.1) is 7.11 Å². The number of hydrogen-bond donors (Lipinski definition) is 0. The van der Waals surface area contributed by atoms with Gasteiger partial charge in [-0.2, -0.15) is 11.8 Å². The first-order valence-corrected chi connectivity index (χ1v) is 7.21. The summed E-state index contributed by atoms with van der Waals surface area (Å²) < 4.78 is 4.81. The van der Waals surface area contributed by atoms with Gasteiger partial charge in [0.25, 0.3) is 0 Å². The van der Waals surface area contributed by atoms with Crippen LogP contribution in [0.3, 0.4) is 0 Å². The first-order valence-electron chi connectivity index (χ1n) is 6.16. The number of methoxy groups -OCH3 is 1. The van der Waals surface area contributed by atoms with Crippen LogP contribution in [0.5, 0.6) is 0 Å². The van der Waals surface area contributed by atoms with E-state index in [0.29, 0.717) is 10.8 Å². The number of hydrogen-bond acceptors (Lipinski definition) is 5. The van der Waals surface area contributed by atoms with Crippen LogP contribution in [0.1, 0.15) is 23.7 Å². The molecule has 1 aliphatic rings. The first kappa shape index (κ1) is 13.2. The first-order chi connectivity index (χ1) is 8.76. The molecule has 0 aliphatic carbocycles. The summed E-state index contributed by atoms with van der Waals surface area (Å²) in [5, 5.41) is 0.617. The van der Waals surface area contributed by atoms with Gasteiger partial charge >= 0.3 is 5.97 Å². The van der Waals surface area contributed by atoms with Crippen molar-refractivity contribution < 1.29 is 9.53 Å². The zero-order valence-corrected chi connectivity index (χ0v) is 11.6. The lowest BCUT2D eigenvalue weighted by Gasteiger charge is -2.33. The molecule has 1 aromatic rings. The summed E-state index contributed by atoms with van der Waals surface area (Å²) in [6, 6.07) is 3.54. The molecule has 0 amide bonds. The van der Waals surface area contributed by atoms with E-state index in [1.807, 2.05) is 11.8 Å². The number of esters is 1. The van der Waals surface area contributed by atoms with E-state index >= 15 is 0 Å². The summed E-state index contributed by atoms with van der Waals surface area (Å²) in [5.41, 5.74) is 0.557. The third-order valence-electron chi connectivity index (χ3n) is 3.09. The maximum atomic E-state index is 11.7. The Kier molecular flexibility index (Phi) is 4.47. The normalized spacial score (nSPS) is 19.7. The van der Waals surface area contributed by atoms with Crippen molar-refractivity contribution in [3.63, 3.8) is 0 Å². The fourth-order valence-electron chi connectivity index (χ4n) is 2.08. The van der Waals surface area contributed by atoms with Crippen LogP contribution in [0.25, 0.3) is 0 Å². The number of carbonyl (C=O) groups is 1. The van der Waals surface area contributed by atoms with Crippen molar-refractivity contribution >= 4 is 23.5 Å². The highest BCUT2D eigenvalue weighted by atomic mass is 32.2. The highest BCUT2D eigenvalue weighted by molar-refractivity contribution is 8.00. The van der Waals surface area contributed by atoms with Gasteiger partial charge in [-0.15, -0.1) is 0 Å². The van der Waals surface area contributed by atoms with E-state index in [0.717, 1.165) is 31.1 Å². The predicted octanol–water partition coefficient (Wildman–Crippen LogP) is 2.20. The van der Waals surface area contributed by atoms with Crippen LogP contribution in [-0.2, 0) is 4.74 Å². The molecule has 98 valence electrons. The van der Waals surface area contributed by atoms with Gasteiger partial charge in [0.1, 0.15) is 11.4 Å². The molecule has 1 unspecified atom stereocenters. The molecule has 1 atom stereocenters. The van der Waals surface area contributed by atoms with E-state index < -0.39 is 0 Å². The minimum Gasteiger partial charge on any atom is -0.465 e. The molecule has 0 spiro atoms. The van der Waals surface area contributed by atoms with Crippen LogP contribution in [0.4, 0.5) is 5.82 Å². The molecule has 0 saturated carbocycles. The number of anilines is 1. The van der Waals surface area contributed by atoms with E-state index in [9.17, 15) is 4.79 Å². The number of carbonyl (C=O) groups excluding carboxylic acids is 1. The lowest BCUT2D eigenvalue weighted by atomic mass is 10.2. The van der Waals surface area contributed by atoms with Gasteiger partial charge in [-0.1, -0.05) is 6.92 Å². The molecule has 0 N–H and O–H groups in total. The summed E-state index contributed by atoms with van der Waals surface area (Å²) in [7, 11) is 1.40. The Labute approximate surface area is 112 Å². The number of pyridine rings is 1. The minimum atomic E-state index is -0.315. The predicted molar refractivity (Wildman–Crippen MR) is 74.3 cm³/mol. The molecular weight excluding hydrogens is 248 g/mol. The van der Waals surface area contributed by atoms with Gasteiger partial charge in [0.15, 0.2) is 0 Å². The maximum absolute atomic E-state index is 11.7. The summed E-state index contributed by atoms with van der Waals surface area (Å²) in [6.07, 6.45) is 2.87. The van der Waals surface area contributed by atoms with E-state index in [4.69, 9.17) is 4.74 Å². The summed E-state index contributed by atoms with van der Waals surface area (Å²) in [4.78, 5) is 18.3. The van der Waals surface area contributed by atoms with Gasteiger partial charge in [0.2, 0.25) is 0 Å². The van der Waals surface area contributed by atoms with E-state index in [1.165, 1.54) is 7.11 Å². The monoisotopic (exact) mass is 266 g/mol. The molecule has 1 saturated heterocycles. The second kappa shape index (κ2) is 6.09.